The predicted octanol–water partition coefficient (Wildman–Crippen LogP) is 2.30. The molecule has 27 heavy (non-hydrogen) atoms. The van der Waals surface area contributed by atoms with Crippen LogP contribution < -0.4 is 4.31 Å². The number of rotatable bonds is 6. The molecule has 152 valence electrons. The molecular formula is C20H33N3O3S. The zero-order valence-electron chi connectivity index (χ0n) is 17.2. The molecule has 0 saturated carbocycles. The molecule has 1 aromatic rings. The van der Waals surface area contributed by atoms with Crippen LogP contribution in [0.4, 0.5) is 5.69 Å². The van der Waals surface area contributed by atoms with Gasteiger partial charge in [-0.1, -0.05) is 39.8 Å². The van der Waals surface area contributed by atoms with Crippen molar-refractivity contribution < 1.29 is 13.2 Å². The first kappa shape index (κ1) is 21.7. The van der Waals surface area contributed by atoms with Gasteiger partial charge in [0, 0.05) is 39.1 Å². The normalized spacial score (nSPS) is 16.4. The van der Waals surface area contributed by atoms with Crippen LogP contribution in [-0.4, -0.2) is 69.6 Å². The summed E-state index contributed by atoms with van der Waals surface area (Å²) in [4.78, 5) is 16.7. The lowest BCUT2D eigenvalue weighted by atomic mass is 9.87. The third-order valence-electron chi connectivity index (χ3n) is 5.12. The van der Waals surface area contributed by atoms with Crippen molar-refractivity contribution in [1.29, 1.82) is 0 Å². The number of hydrogen-bond donors (Lipinski definition) is 0. The van der Waals surface area contributed by atoms with Crippen molar-refractivity contribution in [2.45, 2.75) is 39.5 Å². The Labute approximate surface area is 164 Å². The number of likely N-dealkylation sites (N-methyl/N-ethyl adjacent to an activating group) is 1. The molecule has 0 bridgehead atoms. The van der Waals surface area contributed by atoms with E-state index in [2.05, 4.69) is 32.6 Å². The number of benzene rings is 1. The van der Waals surface area contributed by atoms with Crippen LogP contribution in [0.5, 0.6) is 0 Å². The Hall–Kier alpha value is -1.60. The number of sulfonamides is 1. The Bertz CT molecular complexity index is 731. The summed E-state index contributed by atoms with van der Waals surface area (Å²) in [5.41, 5.74) is 1.75. The average molecular weight is 396 g/mol. The molecular weight excluding hydrogens is 362 g/mol. The molecule has 0 spiro atoms. The van der Waals surface area contributed by atoms with Crippen molar-refractivity contribution in [3.63, 3.8) is 0 Å². The fourth-order valence-corrected chi connectivity index (χ4v) is 4.21. The average Bonchev–Trinajstić information content (AvgIpc) is 2.60. The Balaban J connectivity index is 2.04. The smallest absolute Gasteiger partial charge is 0.232 e. The highest BCUT2D eigenvalue weighted by molar-refractivity contribution is 7.92. The van der Waals surface area contributed by atoms with Crippen LogP contribution in [-0.2, 0) is 20.2 Å². The van der Waals surface area contributed by atoms with Crippen molar-refractivity contribution in [1.82, 2.24) is 9.80 Å². The van der Waals surface area contributed by atoms with Gasteiger partial charge in [0.1, 0.15) is 0 Å². The van der Waals surface area contributed by atoms with Gasteiger partial charge in [0.05, 0.1) is 11.9 Å². The van der Waals surface area contributed by atoms with Crippen LogP contribution in [0, 0.1) is 0 Å². The van der Waals surface area contributed by atoms with Gasteiger partial charge in [0.25, 0.3) is 0 Å². The first-order chi connectivity index (χ1) is 12.5. The van der Waals surface area contributed by atoms with E-state index in [1.165, 1.54) is 10.6 Å². The van der Waals surface area contributed by atoms with E-state index in [1.54, 1.807) is 0 Å². The number of nitrogens with zero attached hydrogens (tertiary/aromatic N) is 3. The topological polar surface area (TPSA) is 60.9 Å². The van der Waals surface area contributed by atoms with Gasteiger partial charge in [-0.2, -0.15) is 0 Å². The standard InChI is InChI=1S/C20H33N3O3S/c1-6-21-13-15-22(16-14-21)19(24)11-12-23(27(5,25)26)18-9-7-17(8-10-18)20(2,3)4/h7-10H,6,11-16H2,1-5H3. The molecule has 2 rings (SSSR count). The van der Waals surface area contributed by atoms with E-state index in [1.807, 2.05) is 29.2 Å². The summed E-state index contributed by atoms with van der Waals surface area (Å²) in [7, 11) is -3.45. The second-order valence-electron chi connectivity index (χ2n) is 8.20. The molecule has 0 aromatic heterocycles. The Morgan fingerprint density at radius 1 is 1.07 bits per heavy atom. The highest BCUT2D eigenvalue weighted by atomic mass is 32.2. The second-order valence-corrected chi connectivity index (χ2v) is 10.1. The van der Waals surface area contributed by atoms with Crippen molar-refractivity contribution in [3.8, 4) is 0 Å². The molecule has 1 saturated heterocycles. The molecule has 1 heterocycles. The fourth-order valence-electron chi connectivity index (χ4n) is 3.28. The van der Waals surface area contributed by atoms with E-state index in [-0.39, 0.29) is 24.3 Å². The van der Waals surface area contributed by atoms with E-state index in [9.17, 15) is 13.2 Å². The number of piperazine rings is 1. The molecule has 1 aliphatic rings. The summed E-state index contributed by atoms with van der Waals surface area (Å²) in [6.45, 7) is 12.8. The maximum absolute atomic E-state index is 12.5. The number of anilines is 1. The lowest BCUT2D eigenvalue weighted by Gasteiger charge is -2.34. The highest BCUT2D eigenvalue weighted by Crippen LogP contribution is 2.26. The van der Waals surface area contributed by atoms with E-state index in [0.29, 0.717) is 18.8 Å². The molecule has 6 nitrogen and oxygen atoms in total. The number of carbonyl (C=O) groups excluding carboxylic acids is 1. The van der Waals surface area contributed by atoms with Gasteiger partial charge in [-0.3, -0.25) is 9.10 Å². The van der Waals surface area contributed by atoms with Crippen molar-refractivity contribution in [2.75, 3.05) is 49.8 Å². The zero-order valence-corrected chi connectivity index (χ0v) is 18.1. The summed E-state index contributed by atoms with van der Waals surface area (Å²) in [5.74, 6) is 0.0192. The van der Waals surface area contributed by atoms with Crippen LogP contribution in [0.25, 0.3) is 0 Å². The fraction of sp³-hybridized carbons (Fsp3) is 0.650. The third-order valence-corrected chi connectivity index (χ3v) is 6.32. The molecule has 0 atom stereocenters. The lowest BCUT2D eigenvalue weighted by Crippen LogP contribution is -2.49. The quantitative estimate of drug-likeness (QED) is 0.742. The van der Waals surface area contributed by atoms with Crippen LogP contribution in [0.3, 0.4) is 0 Å². The minimum Gasteiger partial charge on any atom is -0.340 e. The maximum Gasteiger partial charge on any atom is 0.232 e. The van der Waals surface area contributed by atoms with E-state index >= 15 is 0 Å². The second kappa shape index (κ2) is 8.61. The summed E-state index contributed by atoms with van der Waals surface area (Å²) in [5, 5.41) is 0. The van der Waals surface area contributed by atoms with E-state index in [4.69, 9.17) is 0 Å². The summed E-state index contributed by atoms with van der Waals surface area (Å²) in [6.07, 6.45) is 1.38. The maximum atomic E-state index is 12.5. The largest absolute Gasteiger partial charge is 0.340 e. The molecule has 7 heteroatoms. The predicted molar refractivity (Wildman–Crippen MR) is 111 cm³/mol. The lowest BCUT2D eigenvalue weighted by molar-refractivity contribution is -0.132. The number of hydrogen-bond acceptors (Lipinski definition) is 4. The Morgan fingerprint density at radius 2 is 1.63 bits per heavy atom. The molecule has 0 unspecified atom stereocenters. The van der Waals surface area contributed by atoms with Gasteiger partial charge in [-0.25, -0.2) is 8.42 Å². The summed E-state index contributed by atoms with van der Waals surface area (Å²) < 4.78 is 25.9. The van der Waals surface area contributed by atoms with Gasteiger partial charge in [-0.05, 0) is 29.7 Å². The molecule has 0 radical (unpaired) electrons. The molecule has 0 N–H and O–H groups in total. The van der Waals surface area contributed by atoms with Crippen LogP contribution in [0.2, 0.25) is 0 Å². The Morgan fingerprint density at radius 3 is 2.07 bits per heavy atom. The Kier molecular flexibility index (Phi) is 6.92. The first-order valence-corrected chi connectivity index (χ1v) is 11.5. The van der Waals surface area contributed by atoms with Gasteiger partial charge in [-0.15, -0.1) is 0 Å². The van der Waals surface area contributed by atoms with Gasteiger partial charge in [0.2, 0.25) is 15.9 Å². The molecule has 1 aliphatic heterocycles. The molecule has 1 aromatic carbocycles. The van der Waals surface area contributed by atoms with Crippen LogP contribution in [0.1, 0.15) is 39.7 Å². The molecule has 0 aliphatic carbocycles. The highest BCUT2D eigenvalue weighted by Gasteiger charge is 2.24. The first-order valence-electron chi connectivity index (χ1n) is 9.60. The van der Waals surface area contributed by atoms with E-state index < -0.39 is 10.0 Å². The zero-order chi connectivity index (χ0) is 20.2. The van der Waals surface area contributed by atoms with Gasteiger partial charge < -0.3 is 9.80 Å². The molecule has 1 fully saturated rings. The van der Waals surface area contributed by atoms with Crippen molar-refractivity contribution in [3.05, 3.63) is 29.8 Å². The van der Waals surface area contributed by atoms with Gasteiger partial charge in [0.15, 0.2) is 0 Å². The van der Waals surface area contributed by atoms with Gasteiger partial charge >= 0.3 is 0 Å². The monoisotopic (exact) mass is 395 g/mol. The van der Waals surface area contributed by atoms with Crippen LogP contribution >= 0.6 is 0 Å². The summed E-state index contributed by atoms with van der Waals surface area (Å²) in [6, 6.07) is 7.57. The molecule has 1 amide bonds. The minimum absolute atomic E-state index is 0.00501. The minimum atomic E-state index is -3.45. The number of carbonyl (C=O) groups is 1. The third kappa shape index (κ3) is 5.94. The van der Waals surface area contributed by atoms with Crippen LogP contribution in [0.15, 0.2) is 24.3 Å². The summed E-state index contributed by atoms with van der Waals surface area (Å²) >= 11 is 0. The van der Waals surface area contributed by atoms with Crippen molar-refractivity contribution >= 4 is 21.6 Å². The van der Waals surface area contributed by atoms with Crippen molar-refractivity contribution in [2.24, 2.45) is 0 Å². The number of amides is 1. The van der Waals surface area contributed by atoms with E-state index in [0.717, 1.165) is 25.2 Å². The SMILES string of the molecule is CCN1CCN(C(=O)CCN(c2ccc(C(C)(C)C)cc2)S(C)(=O)=O)CC1.